The lowest BCUT2D eigenvalue weighted by Crippen LogP contribution is -2.36. The summed E-state index contributed by atoms with van der Waals surface area (Å²) in [5.41, 5.74) is 3.02. The minimum Gasteiger partial charge on any atom is -0.356 e. The van der Waals surface area contributed by atoms with Crippen LogP contribution in [0.4, 0.5) is 5.82 Å². The molecular weight excluding hydrogens is 476 g/mol. The van der Waals surface area contributed by atoms with Crippen LogP contribution in [-0.2, 0) is 11.2 Å². The SMILES string of the molecule is Cc1ccc2nc(N3CCC(C)CC3)c(C=C3SC(=S)N(CCc4ccccc4)C3=O)c(=O)n2c1. The Morgan fingerprint density at radius 3 is 2.60 bits per heavy atom. The second-order valence-electron chi connectivity index (χ2n) is 9.33. The smallest absolute Gasteiger partial charge is 0.267 e. The van der Waals surface area contributed by atoms with Crippen molar-refractivity contribution in [2.24, 2.45) is 5.92 Å². The van der Waals surface area contributed by atoms with Gasteiger partial charge in [0.1, 0.15) is 15.8 Å². The summed E-state index contributed by atoms with van der Waals surface area (Å²) in [5.74, 6) is 1.16. The molecule has 5 rings (SSSR count). The van der Waals surface area contributed by atoms with E-state index in [2.05, 4.69) is 11.8 Å². The minimum atomic E-state index is -0.165. The van der Waals surface area contributed by atoms with E-state index in [1.807, 2.05) is 49.4 Å². The van der Waals surface area contributed by atoms with Crippen LogP contribution in [0.5, 0.6) is 0 Å². The maximum Gasteiger partial charge on any atom is 0.267 e. The van der Waals surface area contributed by atoms with Gasteiger partial charge in [-0.2, -0.15) is 0 Å². The number of thiocarbonyl (C=S) groups is 1. The molecule has 0 radical (unpaired) electrons. The maximum atomic E-state index is 13.7. The number of hydrogen-bond donors (Lipinski definition) is 0. The minimum absolute atomic E-state index is 0.150. The van der Waals surface area contributed by atoms with Gasteiger partial charge in [0.05, 0.1) is 10.5 Å². The van der Waals surface area contributed by atoms with Gasteiger partial charge in [0.2, 0.25) is 0 Å². The molecule has 0 saturated carbocycles. The Balaban J connectivity index is 1.51. The van der Waals surface area contributed by atoms with E-state index in [0.29, 0.717) is 38.7 Å². The first kappa shape index (κ1) is 23.8. The average molecular weight is 505 g/mol. The third kappa shape index (κ3) is 4.90. The normalized spacial score (nSPS) is 18.3. The van der Waals surface area contributed by atoms with Crippen molar-refractivity contribution in [1.29, 1.82) is 0 Å². The summed E-state index contributed by atoms with van der Waals surface area (Å²) in [6.45, 7) is 6.40. The Labute approximate surface area is 214 Å². The van der Waals surface area contributed by atoms with Crippen LogP contribution in [0.1, 0.15) is 36.5 Å². The second-order valence-corrected chi connectivity index (χ2v) is 11.0. The number of rotatable bonds is 5. The molecule has 0 unspecified atom stereocenters. The molecule has 0 bridgehead atoms. The molecule has 6 nitrogen and oxygen atoms in total. The quantitative estimate of drug-likeness (QED) is 0.371. The third-order valence-electron chi connectivity index (χ3n) is 6.68. The van der Waals surface area contributed by atoms with E-state index in [4.69, 9.17) is 17.2 Å². The van der Waals surface area contributed by atoms with Gasteiger partial charge >= 0.3 is 0 Å². The number of anilines is 1. The van der Waals surface area contributed by atoms with Gasteiger partial charge in [-0.05, 0) is 55.4 Å². The molecule has 4 heterocycles. The van der Waals surface area contributed by atoms with E-state index in [9.17, 15) is 9.59 Å². The number of carbonyl (C=O) groups excluding carboxylic acids is 1. The van der Waals surface area contributed by atoms with Crippen LogP contribution in [-0.4, -0.2) is 44.1 Å². The Morgan fingerprint density at radius 1 is 1.11 bits per heavy atom. The number of amides is 1. The van der Waals surface area contributed by atoms with Crippen molar-refractivity contribution in [1.82, 2.24) is 14.3 Å². The molecule has 180 valence electrons. The van der Waals surface area contributed by atoms with Crippen molar-refractivity contribution < 1.29 is 4.79 Å². The van der Waals surface area contributed by atoms with Gasteiger partial charge in [0.15, 0.2) is 0 Å². The summed E-state index contributed by atoms with van der Waals surface area (Å²) in [7, 11) is 0. The molecular formula is C27H28N4O2S2. The molecule has 8 heteroatoms. The van der Waals surface area contributed by atoms with Crippen LogP contribution in [0.15, 0.2) is 58.4 Å². The van der Waals surface area contributed by atoms with E-state index in [0.717, 1.165) is 43.5 Å². The number of aromatic nitrogens is 2. The van der Waals surface area contributed by atoms with Crippen molar-refractivity contribution in [2.75, 3.05) is 24.5 Å². The van der Waals surface area contributed by atoms with Gasteiger partial charge in [-0.15, -0.1) is 0 Å². The van der Waals surface area contributed by atoms with E-state index in [1.54, 1.807) is 21.6 Å². The highest BCUT2D eigenvalue weighted by Gasteiger charge is 2.33. The van der Waals surface area contributed by atoms with Crippen molar-refractivity contribution in [2.45, 2.75) is 33.1 Å². The molecule has 0 atom stereocenters. The molecule has 1 aromatic carbocycles. The van der Waals surface area contributed by atoms with E-state index in [1.165, 1.54) is 11.8 Å². The van der Waals surface area contributed by atoms with Gasteiger partial charge in [-0.1, -0.05) is 67.3 Å². The second kappa shape index (κ2) is 9.95. The fraction of sp³-hybridized carbons (Fsp3) is 0.333. The number of fused-ring (bicyclic) bond motifs is 1. The van der Waals surface area contributed by atoms with Gasteiger partial charge < -0.3 is 4.90 Å². The standard InChI is InChI=1S/C27H28N4O2S2/c1-18-10-13-29(14-11-18)24-21(25(32)31-17-19(2)8-9-23(31)28-24)16-22-26(33)30(27(34)35-22)15-12-20-6-4-3-5-7-20/h3-9,16-18H,10-15H2,1-2H3. The molecule has 1 amide bonds. The summed E-state index contributed by atoms with van der Waals surface area (Å²) in [4.78, 5) is 36.1. The Bertz CT molecular complexity index is 1380. The molecule has 0 aliphatic carbocycles. The summed E-state index contributed by atoms with van der Waals surface area (Å²) in [5, 5.41) is 0. The molecule has 2 saturated heterocycles. The summed E-state index contributed by atoms with van der Waals surface area (Å²) in [6.07, 6.45) is 6.33. The van der Waals surface area contributed by atoms with Crippen LogP contribution < -0.4 is 10.5 Å². The third-order valence-corrected chi connectivity index (χ3v) is 8.06. The summed E-state index contributed by atoms with van der Waals surface area (Å²) >= 11 is 6.80. The van der Waals surface area contributed by atoms with Crippen molar-refractivity contribution >= 4 is 51.7 Å². The zero-order chi connectivity index (χ0) is 24.5. The Hall–Kier alpha value is -2.97. The molecule has 2 aliphatic heterocycles. The first-order valence-corrected chi connectivity index (χ1v) is 13.2. The molecule has 0 N–H and O–H groups in total. The van der Waals surface area contributed by atoms with Crippen LogP contribution in [0.3, 0.4) is 0 Å². The van der Waals surface area contributed by atoms with Crippen LogP contribution in [0.2, 0.25) is 0 Å². The van der Waals surface area contributed by atoms with Gasteiger partial charge in [0, 0.05) is 25.8 Å². The fourth-order valence-electron chi connectivity index (χ4n) is 4.54. The number of benzene rings is 1. The zero-order valence-electron chi connectivity index (χ0n) is 19.9. The first-order chi connectivity index (χ1) is 16.9. The Morgan fingerprint density at radius 2 is 1.86 bits per heavy atom. The maximum absolute atomic E-state index is 13.7. The summed E-state index contributed by atoms with van der Waals surface area (Å²) < 4.78 is 2.10. The average Bonchev–Trinajstić information content (AvgIpc) is 3.13. The van der Waals surface area contributed by atoms with E-state index >= 15 is 0 Å². The van der Waals surface area contributed by atoms with Crippen LogP contribution >= 0.6 is 24.0 Å². The number of aryl methyl sites for hydroxylation is 1. The lowest BCUT2D eigenvalue weighted by molar-refractivity contribution is -0.122. The van der Waals surface area contributed by atoms with Gasteiger partial charge in [0.25, 0.3) is 11.5 Å². The number of carbonyl (C=O) groups is 1. The number of hydrogen-bond acceptors (Lipinski definition) is 6. The van der Waals surface area contributed by atoms with E-state index < -0.39 is 0 Å². The lowest BCUT2D eigenvalue weighted by Gasteiger charge is -2.32. The van der Waals surface area contributed by atoms with Gasteiger partial charge in [-0.3, -0.25) is 18.9 Å². The highest BCUT2D eigenvalue weighted by Crippen LogP contribution is 2.34. The monoisotopic (exact) mass is 504 g/mol. The highest BCUT2D eigenvalue weighted by atomic mass is 32.2. The highest BCUT2D eigenvalue weighted by molar-refractivity contribution is 8.26. The van der Waals surface area contributed by atoms with Crippen LogP contribution in [0, 0.1) is 12.8 Å². The van der Waals surface area contributed by atoms with Crippen molar-refractivity contribution in [3.8, 4) is 0 Å². The number of piperidine rings is 1. The molecule has 3 aromatic rings. The summed E-state index contributed by atoms with van der Waals surface area (Å²) in [6, 6.07) is 13.9. The molecule has 35 heavy (non-hydrogen) atoms. The molecule has 2 aliphatic rings. The largest absolute Gasteiger partial charge is 0.356 e. The molecule has 2 aromatic heterocycles. The number of nitrogens with zero attached hydrogens (tertiary/aromatic N) is 4. The first-order valence-electron chi connectivity index (χ1n) is 12.0. The fourth-order valence-corrected chi connectivity index (χ4v) is 5.83. The molecule has 0 spiro atoms. The van der Waals surface area contributed by atoms with Crippen molar-refractivity contribution in [3.63, 3.8) is 0 Å². The van der Waals surface area contributed by atoms with Crippen LogP contribution in [0.25, 0.3) is 11.7 Å². The predicted molar refractivity (Wildman–Crippen MR) is 147 cm³/mol. The predicted octanol–water partition coefficient (Wildman–Crippen LogP) is 4.68. The Kier molecular flexibility index (Phi) is 6.75. The zero-order valence-corrected chi connectivity index (χ0v) is 21.6. The van der Waals surface area contributed by atoms with Gasteiger partial charge in [-0.25, -0.2) is 4.98 Å². The molecule has 2 fully saturated rings. The number of thioether (sulfide) groups is 1. The van der Waals surface area contributed by atoms with E-state index in [-0.39, 0.29) is 11.5 Å². The lowest BCUT2D eigenvalue weighted by atomic mass is 9.99. The topological polar surface area (TPSA) is 57.9 Å². The van der Waals surface area contributed by atoms with Crippen molar-refractivity contribution in [3.05, 3.63) is 80.6 Å². The number of pyridine rings is 1.